The van der Waals surface area contributed by atoms with Crippen molar-refractivity contribution < 1.29 is 9.59 Å². The van der Waals surface area contributed by atoms with Gasteiger partial charge in [0, 0.05) is 30.4 Å². The van der Waals surface area contributed by atoms with E-state index >= 15 is 0 Å². The first-order valence-corrected chi connectivity index (χ1v) is 7.75. The summed E-state index contributed by atoms with van der Waals surface area (Å²) < 4.78 is 0. The fourth-order valence-corrected chi connectivity index (χ4v) is 2.95. The highest BCUT2D eigenvalue weighted by molar-refractivity contribution is 7.18. The number of anilines is 1. The standard InChI is InChI=1S/C17H13N3O2S/c1-11(21)15-14(12-5-3-2-4-6-12)19-17(23-15)20-16(22)13-7-9-18-10-8-13/h2-10H,1H3,(H,19,20,22). The van der Waals surface area contributed by atoms with Gasteiger partial charge in [-0.2, -0.15) is 0 Å². The molecule has 0 atom stereocenters. The maximum atomic E-state index is 12.2. The van der Waals surface area contributed by atoms with Crippen LogP contribution < -0.4 is 5.32 Å². The van der Waals surface area contributed by atoms with Gasteiger partial charge in [0.1, 0.15) is 0 Å². The molecule has 0 fully saturated rings. The van der Waals surface area contributed by atoms with E-state index in [1.54, 1.807) is 24.5 Å². The van der Waals surface area contributed by atoms with Crippen molar-refractivity contribution in [2.24, 2.45) is 0 Å². The predicted octanol–water partition coefficient (Wildman–Crippen LogP) is 3.66. The molecule has 6 heteroatoms. The molecule has 0 aliphatic rings. The number of ketones is 1. The smallest absolute Gasteiger partial charge is 0.257 e. The minimum Gasteiger partial charge on any atom is -0.298 e. The Labute approximate surface area is 137 Å². The summed E-state index contributed by atoms with van der Waals surface area (Å²) in [7, 11) is 0. The Bertz CT molecular complexity index is 845. The van der Waals surface area contributed by atoms with Crippen LogP contribution in [-0.4, -0.2) is 21.7 Å². The average molecular weight is 323 g/mol. The quantitative estimate of drug-likeness (QED) is 0.744. The minimum absolute atomic E-state index is 0.0780. The molecule has 5 nitrogen and oxygen atoms in total. The molecule has 2 aromatic heterocycles. The number of rotatable bonds is 4. The molecule has 1 aromatic carbocycles. The molecule has 1 amide bonds. The molecule has 23 heavy (non-hydrogen) atoms. The summed E-state index contributed by atoms with van der Waals surface area (Å²) in [4.78, 5) is 32.9. The number of hydrogen-bond donors (Lipinski definition) is 1. The van der Waals surface area contributed by atoms with Crippen LogP contribution in [0.25, 0.3) is 11.3 Å². The van der Waals surface area contributed by atoms with Crippen LogP contribution in [0.3, 0.4) is 0 Å². The van der Waals surface area contributed by atoms with Crippen LogP contribution in [-0.2, 0) is 0 Å². The van der Waals surface area contributed by atoms with Crippen LogP contribution >= 0.6 is 11.3 Å². The van der Waals surface area contributed by atoms with E-state index in [4.69, 9.17) is 0 Å². The molecular weight excluding hydrogens is 310 g/mol. The summed E-state index contributed by atoms with van der Waals surface area (Å²) in [6.07, 6.45) is 3.10. The van der Waals surface area contributed by atoms with E-state index < -0.39 is 0 Å². The van der Waals surface area contributed by atoms with Crippen molar-refractivity contribution in [1.29, 1.82) is 0 Å². The van der Waals surface area contributed by atoms with E-state index in [0.717, 1.165) is 5.56 Å². The summed E-state index contributed by atoms with van der Waals surface area (Å²) in [5.74, 6) is -0.360. The van der Waals surface area contributed by atoms with Gasteiger partial charge in [0.15, 0.2) is 10.9 Å². The van der Waals surface area contributed by atoms with Crippen molar-refractivity contribution in [2.45, 2.75) is 6.92 Å². The number of benzene rings is 1. The lowest BCUT2D eigenvalue weighted by molar-refractivity contribution is 0.101. The second kappa shape index (κ2) is 6.50. The summed E-state index contributed by atoms with van der Waals surface area (Å²) in [5.41, 5.74) is 1.92. The zero-order valence-corrected chi connectivity index (χ0v) is 13.1. The molecule has 2 heterocycles. The Balaban J connectivity index is 1.93. The number of pyridine rings is 1. The molecule has 0 radical (unpaired) electrons. The lowest BCUT2D eigenvalue weighted by atomic mass is 10.1. The third kappa shape index (κ3) is 3.32. The van der Waals surface area contributed by atoms with Crippen LogP contribution in [0.15, 0.2) is 54.9 Å². The molecule has 3 rings (SSSR count). The number of Topliss-reactive ketones (excluding diaryl/α,β-unsaturated/α-hetero) is 1. The number of carbonyl (C=O) groups is 2. The molecule has 0 bridgehead atoms. The number of carbonyl (C=O) groups excluding carboxylic acids is 2. The van der Waals surface area contributed by atoms with Crippen molar-refractivity contribution >= 4 is 28.2 Å². The monoisotopic (exact) mass is 323 g/mol. The van der Waals surface area contributed by atoms with Gasteiger partial charge >= 0.3 is 0 Å². The highest BCUT2D eigenvalue weighted by Gasteiger charge is 2.18. The molecule has 3 aromatic rings. The Morgan fingerprint density at radius 1 is 1.04 bits per heavy atom. The number of nitrogens with zero attached hydrogens (tertiary/aromatic N) is 2. The summed E-state index contributed by atoms with van der Waals surface area (Å²) in [6, 6.07) is 12.7. The van der Waals surface area contributed by atoms with Crippen LogP contribution in [0.2, 0.25) is 0 Å². The fraction of sp³-hybridized carbons (Fsp3) is 0.0588. The predicted molar refractivity (Wildman–Crippen MR) is 89.7 cm³/mol. The van der Waals surface area contributed by atoms with Gasteiger partial charge in [-0.3, -0.25) is 19.9 Å². The van der Waals surface area contributed by atoms with Gasteiger partial charge in [-0.05, 0) is 12.1 Å². The Morgan fingerprint density at radius 3 is 2.39 bits per heavy atom. The zero-order chi connectivity index (χ0) is 16.2. The highest BCUT2D eigenvalue weighted by Crippen LogP contribution is 2.31. The van der Waals surface area contributed by atoms with E-state index in [0.29, 0.717) is 21.3 Å². The lowest BCUT2D eigenvalue weighted by Crippen LogP contribution is -2.11. The zero-order valence-electron chi connectivity index (χ0n) is 12.3. The number of nitrogens with one attached hydrogen (secondary N) is 1. The number of thiazole rings is 1. The van der Waals surface area contributed by atoms with E-state index in [1.165, 1.54) is 18.3 Å². The fourth-order valence-electron chi connectivity index (χ4n) is 2.08. The number of aromatic nitrogens is 2. The van der Waals surface area contributed by atoms with Gasteiger partial charge in [0.25, 0.3) is 5.91 Å². The van der Waals surface area contributed by atoms with Gasteiger partial charge in [0.2, 0.25) is 0 Å². The molecule has 0 saturated heterocycles. The SMILES string of the molecule is CC(=O)c1sc(NC(=O)c2ccncc2)nc1-c1ccccc1. The first-order chi connectivity index (χ1) is 11.1. The third-order valence-corrected chi connectivity index (χ3v) is 4.23. The van der Waals surface area contributed by atoms with Gasteiger partial charge in [-0.25, -0.2) is 4.98 Å². The van der Waals surface area contributed by atoms with Crippen LogP contribution in [0.5, 0.6) is 0 Å². The highest BCUT2D eigenvalue weighted by atomic mass is 32.1. The first kappa shape index (κ1) is 15.1. The first-order valence-electron chi connectivity index (χ1n) is 6.93. The van der Waals surface area contributed by atoms with Gasteiger partial charge in [0.05, 0.1) is 10.6 Å². The van der Waals surface area contributed by atoms with Gasteiger partial charge in [-0.1, -0.05) is 41.7 Å². The van der Waals surface area contributed by atoms with Crippen molar-refractivity contribution in [3.05, 3.63) is 65.3 Å². The lowest BCUT2D eigenvalue weighted by Gasteiger charge is -2.00. The minimum atomic E-state index is -0.282. The van der Waals surface area contributed by atoms with Crippen molar-refractivity contribution in [1.82, 2.24) is 9.97 Å². The van der Waals surface area contributed by atoms with Gasteiger partial charge < -0.3 is 0 Å². The second-order valence-corrected chi connectivity index (χ2v) is 5.81. The van der Waals surface area contributed by atoms with Gasteiger partial charge in [-0.15, -0.1) is 0 Å². The normalized spacial score (nSPS) is 10.3. The van der Waals surface area contributed by atoms with E-state index in [-0.39, 0.29) is 11.7 Å². The largest absolute Gasteiger partial charge is 0.298 e. The van der Waals surface area contributed by atoms with E-state index in [9.17, 15) is 9.59 Å². The van der Waals surface area contributed by atoms with Crippen molar-refractivity contribution in [3.8, 4) is 11.3 Å². The number of amides is 1. The average Bonchev–Trinajstić information content (AvgIpc) is 3.00. The van der Waals surface area contributed by atoms with E-state index in [2.05, 4.69) is 15.3 Å². The van der Waals surface area contributed by atoms with Crippen LogP contribution in [0, 0.1) is 0 Å². The molecule has 0 aliphatic carbocycles. The maximum absolute atomic E-state index is 12.2. The molecular formula is C17H13N3O2S. The number of hydrogen-bond acceptors (Lipinski definition) is 5. The van der Waals surface area contributed by atoms with Crippen molar-refractivity contribution in [3.63, 3.8) is 0 Å². The topological polar surface area (TPSA) is 72.0 Å². The van der Waals surface area contributed by atoms with Crippen LogP contribution in [0.1, 0.15) is 27.0 Å². The molecule has 114 valence electrons. The molecule has 0 aliphatic heterocycles. The third-order valence-electron chi connectivity index (χ3n) is 3.16. The summed E-state index contributed by atoms with van der Waals surface area (Å²) in [6.45, 7) is 1.49. The molecule has 0 saturated carbocycles. The Hall–Kier alpha value is -2.86. The summed E-state index contributed by atoms with van der Waals surface area (Å²) >= 11 is 1.18. The maximum Gasteiger partial charge on any atom is 0.257 e. The molecule has 0 spiro atoms. The van der Waals surface area contributed by atoms with Crippen molar-refractivity contribution in [2.75, 3.05) is 5.32 Å². The van der Waals surface area contributed by atoms with Crippen LogP contribution in [0.4, 0.5) is 5.13 Å². The Morgan fingerprint density at radius 2 is 1.74 bits per heavy atom. The molecule has 0 unspecified atom stereocenters. The molecule has 1 N–H and O–H groups in total. The second-order valence-electron chi connectivity index (χ2n) is 4.81. The summed E-state index contributed by atoms with van der Waals surface area (Å²) in [5, 5.41) is 3.13. The Kier molecular flexibility index (Phi) is 4.25. The van der Waals surface area contributed by atoms with E-state index in [1.807, 2.05) is 30.3 Å².